The number of rotatable bonds is 3. The summed E-state index contributed by atoms with van der Waals surface area (Å²) in [6.07, 6.45) is 0. The maximum atomic E-state index is 12.2. The number of carbonyl (C=O) groups is 1. The number of carbonyl (C=O) groups excluding carboxylic acids is 1. The van der Waals surface area contributed by atoms with Gasteiger partial charge >= 0.3 is 0 Å². The SMILES string of the molecule is C[C@@H](NC(=O)c1cccc(Br)c1)c1cc2ccccc2o1. The summed E-state index contributed by atoms with van der Waals surface area (Å²) >= 11 is 3.37. The van der Waals surface area contributed by atoms with Gasteiger partial charge in [0.1, 0.15) is 11.3 Å². The van der Waals surface area contributed by atoms with Crippen LogP contribution in [-0.4, -0.2) is 5.91 Å². The largest absolute Gasteiger partial charge is 0.459 e. The average Bonchev–Trinajstić information content (AvgIpc) is 2.91. The van der Waals surface area contributed by atoms with Crippen LogP contribution in [0.2, 0.25) is 0 Å². The average molecular weight is 344 g/mol. The van der Waals surface area contributed by atoms with Gasteiger partial charge in [0.25, 0.3) is 5.91 Å². The molecule has 2 aromatic carbocycles. The van der Waals surface area contributed by atoms with Gasteiger partial charge in [-0.2, -0.15) is 0 Å². The molecule has 4 heteroatoms. The first-order chi connectivity index (χ1) is 10.1. The number of halogens is 1. The number of fused-ring (bicyclic) bond motifs is 1. The molecule has 1 aromatic heterocycles. The summed E-state index contributed by atoms with van der Waals surface area (Å²) in [5, 5.41) is 3.99. The Bertz CT molecular complexity index is 761. The Balaban J connectivity index is 1.79. The summed E-state index contributed by atoms with van der Waals surface area (Å²) in [7, 11) is 0. The third kappa shape index (κ3) is 3.00. The van der Waals surface area contributed by atoms with Crippen molar-refractivity contribution in [2.75, 3.05) is 0 Å². The number of hydrogen-bond acceptors (Lipinski definition) is 2. The van der Waals surface area contributed by atoms with E-state index in [1.165, 1.54) is 0 Å². The van der Waals surface area contributed by atoms with Gasteiger partial charge in [0, 0.05) is 15.4 Å². The number of benzene rings is 2. The molecule has 21 heavy (non-hydrogen) atoms. The zero-order valence-electron chi connectivity index (χ0n) is 11.5. The van der Waals surface area contributed by atoms with Gasteiger partial charge in [-0.3, -0.25) is 4.79 Å². The van der Waals surface area contributed by atoms with Gasteiger partial charge < -0.3 is 9.73 Å². The number of para-hydroxylation sites is 1. The molecular formula is C17H14BrNO2. The summed E-state index contributed by atoms with van der Waals surface area (Å²) in [5.74, 6) is 0.629. The Morgan fingerprint density at radius 3 is 2.71 bits per heavy atom. The number of hydrogen-bond donors (Lipinski definition) is 1. The molecule has 0 saturated carbocycles. The summed E-state index contributed by atoms with van der Waals surface area (Å²) in [6, 6.07) is 16.9. The zero-order chi connectivity index (χ0) is 14.8. The highest BCUT2D eigenvalue weighted by molar-refractivity contribution is 9.10. The molecule has 1 atom stereocenters. The smallest absolute Gasteiger partial charge is 0.251 e. The Morgan fingerprint density at radius 2 is 1.95 bits per heavy atom. The predicted molar refractivity (Wildman–Crippen MR) is 86.2 cm³/mol. The molecule has 0 radical (unpaired) electrons. The lowest BCUT2D eigenvalue weighted by Gasteiger charge is -2.11. The van der Waals surface area contributed by atoms with Crippen LogP contribution in [0.4, 0.5) is 0 Å². The van der Waals surface area contributed by atoms with Gasteiger partial charge in [0.15, 0.2) is 0 Å². The zero-order valence-corrected chi connectivity index (χ0v) is 13.1. The van der Waals surface area contributed by atoms with Gasteiger partial charge in [-0.25, -0.2) is 0 Å². The van der Waals surface area contributed by atoms with Crippen LogP contribution in [0.25, 0.3) is 11.0 Å². The summed E-state index contributed by atoms with van der Waals surface area (Å²) in [4.78, 5) is 12.2. The van der Waals surface area contributed by atoms with E-state index in [9.17, 15) is 4.79 Å². The number of amides is 1. The maximum Gasteiger partial charge on any atom is 0.251 e. The van der Waals surface area contributed by atoms with E-state index in [-0.39, 0.29) is 11.9 Å². The minimum Gasteiger partial charge on any atom is -0.459 e. The Morgan fingerprint density at radius 1 is 1.14 bits per heavy atom. The topological polar surface area (TPSA) is 42.2 Å². The molecule has 0 aliphatic rings. The van der Waals surface area contributed by atoms with Crippen molar-refractivity contribution in [1.29, 1.82) is 0 Å². The third-order valence-corrected chi connectivity index (χ3v) is 3.80. The first-order valence-electron chi connectivity index (χ1n) is 6.68. The van der Waals surface area contributed by atoms with Crippen molar-refractivity contribution in [2.24, 2.45) is 0 Å². The maximum absolute atomic E-state index is 12.2. The van der Waals surface area contributed by atoms with E-state index in [0.29, 0.717) is 5.56 Å². The number of furan rings is 1. The Labute approximate surface area is 131 Å². The van der Waals surface area contributed by atoms with Crippen molar-refractivity contribution in [2.45, 2.75) is 13.0 Å². The minimum absolute atomic E-state index is 0.121. The van der Waals surface area contributed by atoms with E-state index in [1.54, 1.807) is 12.1 Å². The van der Waals surface area contributed by atoms with Crippen LogP contribution in [0.5, 0.6) is 0 Å². The fourth-order valence-corrected chi connectivity index (χ4v) is 2.60. The van der Waals surface area contributed by atoms with Crippen LogP contribution in [0.15, 0.2) is 63.5 Å². The van der Waals surface area contributed by atoms with Crippen molar-refractivity contribution < 1.29 is 9.21 Å². The molecule has 106 valence electrons. The van der Waals surface area contributed by atoms with Crippen LogP contribution in [-0.2, 0) is 0 Å². The highest BCUT2D eigenvalue weighted by Crippen LogP contribution is 2.24. The highest BCUT2D eigenvalue weighted by Gasteiger charge is 2.15. The van der Waals surface area contributed by atoms with Crippen LogP contribution < -0.4 is 5.32 Å². The molecule has 0 unspecified atom stereocenters. The molecule has 3 aromatic rings. The van der Waals surface area contributed by atoms with Gasteiger partial charge in [0.2, 0.25) is 0 Å². The van der Waals surface area contributed by atoms with E-state index in [1.807, 2.05) is 49.4 Å². The van der Waals surface area contributed by atoms with Crippen molar-refractivity contribution in [3.05, 3.63) is 70.4 Å². The molecule has 0 aliphatic carbocycles. The van der Waals surface area contributed by atoms with E-state index in [2.05, 4.69) is 21.2 Å². The minimum atomic E-state index is -0.191. The van der Waals surface area contributed by atoms with Crippen LogP contribution >= 0.6 is 15.9 Å². The standard InChI is InChI=1S/C17H14BrNO2/c1-11(16-10-12-5-2-3-8-15(12)21-16)19-17(20)13-6-4-7-14(18)9-13/h2-11H,1H3,(H,19,20)/t11-/m1/s1. The molecule has 1 amide bonds. The normalized spacial score (nSPS) is 12.3. The van der Waals surface area contributed by atoms with Gasteiger partial charge in [-0.15, -0.1) is 0 Å². The summed E-state index contributed by atoms with van der Waals surface area (Å²) < 4.78 is 6.65. The summed E-state index contributed by atoms with van der Waals surface area (Å²) in [6.45, 7) is 1.91. The van der Waals surface area contributed by atoms with E-state index in [4.69, 9.17) is 4.42 Å². The van der Waals surface area contributed by atoms with Gasteiger partial charge in [0.05, 0.1) is 6.04 Å². The Hall–Kier alpha value is -2.07. The quantitative estimate of drug-likeness (QED) is 0.749. The second-order valence-corrected chi connectivity index (χ2v) is 5.81. The van der Waals surface area contributed by atoms with E-state index in [0.717, 1.165) is 21.2 Å². The molecule has 3 nitrogen and oxygen atoms in total. The lowest BCUT2D eigenvalue weighted by molar-refractivity contribution is 0.0935. The first-order valence-corrected chi connectivity index (χ1v) is 7.48. The lowest BCUT2D eigenvalue weighted by Crippen LogP contribution is -2.26. The molecule has 0 saturated heterocycles. The van der Waals surface area contributed by atoms with Crippen molar-refractivity contribution in [3.8, 4) is 0 Å². The number of nitrogens with one attached hydrogen (secondary N) is 1. The highest BCUT2D eigenvalue weighted by atomic mass is 79.9. The first kappa shape index (κ1) is 13.9. The van der Waals surface area contributed by atoms with Crippen molar-refractivity contribution in [1.82, 2.24) is 5.32 Å². The molecule has 1 heterocycles. The van der Waals surface area contributed by atoms with Crippen LogP contribution in [0, 0.1) is 0 Å². The molecule has 0 fully saturated rings. The second-order valence-electron chi connectivity index (χ2n) is 4.89. The fraction of sp³-hybridized carbons (Fsp3) is 0.118. The van der Waals surface area contributed by atoms with E-state index >= 15 is 0 Å². The summed E-state index contributed by atoms with van der Waals surface area (Å²) in [5.41, 5.74) is 1.45. The van der Waals surface area contributed by atoms with Crippen molar-refractivity contribution in [3.63, 3.8) is 0 Å². The molecular weight excluding hydrogens is 330 g/mol. The molecule has 0 spiro atoms. The van der Waals surface area contributed by atoms with Crippen LogP contribution in [0.1, 0.15) is 29.1 Å². The molecule has 1 N–H and O–H groups in total. The third-order valence-electron chi connectivity index (χ3n) is 3.31. The molecule has 0 bridgehead atoms. The van der Waals surface area contributed by atoms with Gasteiger partial charge in [-0.05, 0) is 37.3 Å². The second kappa shape index (κ2) is 5.74. The van der Waals surface area contributed by atoms with Gasteiger partial charge in [-0.1, -0.05) is 40.2 Å². The van der Waals surface area contributed by atoms with E-state index < -0.39 is 0 Å². The lowest BCUT2D eigenvalue weighted by atomic mass is 10.1. The van der Waals surface area contributed by atoms with Crippen molar-refractivity contribution >= 4 is 32.8 Å². The fourth-order valence-electron chi connectivity index (χ4n) is 2.20. The molecule has 3 rings (SSSR count). The predicted octanol–water partition coefficient (Wildman–Crippen LogP) is 4.69. The van der Waals surface area contributed by atoms with Crippen LogP contribution in [0.3, 0.4) is 0 Å². The molecule has 0 aliphatic heterocycles. The monoisotopic (exact) mass is 343 g/mol. The Kier molecular flexibility index (Phi) is 3.80.